The average molecular weight is 189 g/mol. The van der Waals surface area contributed by atoms with Gasteiger partial charge in [-0.1, -0.05) is 0 Å². The third-order valence-electron chi connectivity index (χ3n) is 2.21. The van der Waals surface area contributed by atoms with E-state index in [9.17, 15) is 4.79 Å². The van der Waals surface area contributed by atoms with Gasteiger partial charge >= 0.3 is 5.97 Å². The first kappa shape index (κ1) is 8.81. The van der Waals surface area contributed by atoms with Crippen LogP contribution >= 0.6 is 0 Å². The number of carbonyl (C=O) groups is 1. The van der Waals surface area contributed by atoms with Crippen molar-refractivity contribution >= 4 is 16.9 Å². The lowest BCUT2D eigenvalue weighted by molar-refractivity contribution is -0.131. The lowest BCUT2D eigenvalue weighted by Gasteiger charge is -2.05. The van der Waals surface area contributed by atoms with E-state index in [-0.39, 0.29) is 5.97 Å². The minimum absolute atomic E-state index is 0.289. The number of hydrogen-bond acceptors (Lipinski definition) is 2. The summed E-state index contributed by atoms with van der Waals surface area (Å²) in [5.74, 6) is 0.340. The van der Waals surface area contributed by atoms with Gasteiger partial charge in [0.15, 0.2) is 0 Å². The number of H-pyrrole nitrogens is 1. The summed E-state index contributed by atoms with van der Waals surface area (Å²) >= 11 is 0. The van der Waals surface area contributed by atoms with E-state index >= 15 is 0 Å². The number of aromatic nitrogens is 1. The van der Waals surface area contributed by atoms with Gasteiger partial charge in [-0.15, -0.1) is 0 Å². The van der Waals surface area contributed by atoms with Crippen molar-refractivity contribution in [3.05, 3.63) is 30.0 Å². The van der Waals surface area contributed by atoms with Crippen LogP contribution in [0.5, 0.6) is 5.75 Å². The van der Waals surface area contributed by atoms with E-state index in [1.54, 1.807) is 6.07 Å². The van der Waals surface area contributed by atoms with Crippen LogP contribution in [0.15, 0.2) is 24.4 Å². The van der Waals surface area contributed by atoms with Gasteiger partial charge in [-0.3, -0.25) is 4.79 Å². The zero-order chi connectivity index (χ0) is 10.1. The fourth-order valence-corrected chi connectivity index (χ4v) is 1.53. The second-order valence-corrected chi connectivity index (χ2v) is 3.22. The summed E-state index contributed by atoms with van der Waals surface area (Å²) in [5, 5.41) is 1.09. The number of aromatic amines is 1. The van der Waals surface area contributed by atoms with Crippen molar-refractivity contribution in [2.75, 3.05) is 0 Å². The zero-order valence-electron chi connectivity index (χ0n) is 8.13. The summed E-state index contributed by atoms with van der Waals surface area (Å²) in [5.41, 5.74) is 2.04. The van der Waals surface area contributed by atoms with Crippen LogP contribution in [-0.4, -0.2) is 11.0 Å². The Morgan fingerprint density at radius 2 is 2.14 bits per heavy atom. The first-order chi connectivity index (χ1) is 6.68. The van der Waals surface area contributed by atoms with Crippen molar-refractivity contribution in [1.82, 2.24) is 4.98 Å². The van der Waals surface area contributed by atoms with Crippen molar-refractivity contribution in [2.45, 2.75) is 13.8 Å². The molecule has 0 aliphatic rings. The predicted molar refractivity (Wildman–Crippen MR) is 54.3 cm³/mol. The minimum atomic E-state index is -0.289. The minimum Gasteiger partial charge on any atom is -0.426 e. The lowest BCUT2D eigenvalue weighted by atomic mass is 10.1. The second-order valence-electron chi connectivity index (χ2n) is 3.22. The van der Waals surface area contributed by atoms with E-state index in [1.165, 1.54) is 6.92 Å². The molecule has 0 bridgehead atoms. The number of aryl methyl sites for hydroxylation is 1. The molecule has 1 aromatic heterocycles. The summed E-state index contributed by atoms with van der Waals surface area (Å²) < 4.78 is 5.07. The SMILES string of the molecule is CC(=O)Oc1ccc2[nH]ccc2c1C. The summed E-state index contributed by atoms with van der Waals surface area (Å²) in [6.07, 6.45) is 1.87. The molecule has 0 saturated carbocycles. The van der Waals surface area contributed by atoms with Gasteiger partial charge in [-0.2, -0.15) is 0 Å². The molecule has 1 N–H and O–H groups in total. The molecule has 0 saturated heterocycles. The Balaban J connectivity index is 2.56. The first-order valence-electron chi connectivity index (χ1n) is 4.43. The Morgan fingerprint density at radius 3 is 2.86 bits per heavy atom. The van der Waals surface area contributed by atoms with Crippen LogP contribution in [0, 0.1) is 6.92 Å². The molecule has 3 nitrogen and oxygen atoms in total. The van der Waals surface area contributed by atoms with Gasteiger partial charge < -0.3 is 9.72 Å². The highest BCUT2D eigenvalue weighted by molar-refractivity contribution is 5.86. The topological polar surface area (TPSA) is 42.1 Å². The molecule has 3 heteroatoms. The molecule has 0 unspecified atom stereocenters. The lowest BCUT2D eigenvalue weighted by Crippen LogP contribution is -2.02. The normalized spacial score (nSPS) is 10.4. The molecule has 14 heavy (non-hydrogen) atoms. The van der Waals surface area contributed by atoms with E-state index in [2.05, 4.69) is 4.98 Å². The molecule has 1 heterocycles. The Kier molecular flexibility index (Phi) is 2.00. The number of fused-ring (bicyclic) bond motifs is 1. The Morgan fingerprint density at radius 1 is 1.36 bits per heavy atom. The van der Waals surface area contributed by atoms with Crippen LogP contribution in [0.1, 0.15) is 12.5 Å². The maximum atomic E-state index is 10.8. The maximum Gasteiger partial charge on any atom is 0.308 e. The van der Waals surface area contributed by atoms with Gasteiger partial charge in [-0.05, 0) is 25.1 Å². The average Bonchev–Trinajstić information content (AvgIpc) is 2.57. The Hall–Kier alpha value is -1.77. The van der Waals surface area contributed by atoms with Crippen LogP contribution in [0.2, 0.25) is 0 Å². The Bertz CT molecular complexity index is 485. The number of esters is 1. The third kappa shape index (κ3) is 1.37. The predicted octanol–water partition coefficient (Wildman–Crippen LogP) is 2.40. The quantitative estimate of drug-likeness (QED) is 0.553. The van der Waals surface area contributed by atoms with Gasteiger partial charge in [-0.25, -0.2) is 0 Å². The van der Waals surface area contributed by atoms with Crippen molar-refractivity contribution < 1.29 is 9.53 Å². The smallest absolute Gasteiger partial charge is 0.308 e. The zero-order valence-corrected chi connectivity index (χ0v) is 8.13. The van der Waals surface area contributed by atoms with E-state index in [0.717, 1.165) is 16.5 Å². The molecular weight excluding hydrogens is 178 g/mol. The highest BCUT2D eigenvalue weighted by atomic mass is 16.5. The van der Waals surface area contributed by atoms with Crippen LogP contribution < -0.4 is 4.74 Å². The van der Waals surface area contributed by atoms with Crippen LogP contribution in [0.3, 0.4) is 0 Å². The Labute approximate surface area is 81.7 Å². The number of nitrogens with one attached hydrogen (secondary N) is 1. The monoisotopic (exact) mass is 189 g/mol. The van der Waals surface area contributed by atoms with Crippen molar-refractivity contribution in [3.8, 4) is 5.75 Å². The fraction of sp³-hybridized carbons (Fsp3) is 0.182. The van der Waals surface area contributed by atoms with Gasteiger partial charge in [0.2, 0.25) is 0 Å². The molecule has 72 valence electrons. The molecule has 0 fully saturated rings. The largest absolute Gasteiger partial charge is 0.426 e. The number of benzene rings is 1. The molecule has 0 radical (unpaired) electrons. The number of hydrogen-bond donors (Lipinski definition) is 1. The molecule has 2 rings (SSSR count). The first-order valence-corrected chi connectivity index (χ1v) is 4.43. The molecule has 0 amide bonds. The van der Waals surface area contributed by atoms with Gasteiger partial charge in [0.05, 0.1) is 0 Å². The molecule has 2 aromatic rings. The summed E-state index contributed by atoms with van der Waals surface area (Å²) in [6, 6.07) is 5.67. The molecular formula is C11H11NO2. The van der Waals surface area contributed by atoms with Crippen molar-refractivity contribution in [1.29, 1.82) is 0 Å². The van der Waals surface area contributed by atoms with E-state index in [4.69, 9.17) is 4.74 Å². The highest BCUT2D eigenvalue weighted by Crippen LogP contribution is 2.26. The molecule has 0 atom stereocenters. The fourth-order valence-electron chi connectivity index (χ4n) is 1.53. The standard InChI is InChI=1S/C11H11NO2/c1-7-9-5-6-12-10(9)3-4-11(7)14-8(2)13/h3-6,12H,1-2H3. The third-order valence-corrected chi connectivity index (χ3v) is 2.21. The molecule has 0 aliphatic carbocycles. The van der Waals surface area contributed by atoms with Crippen LogP contribution in [0.25, 0.3) is 10.9 Å². The summed E-state index contributed by atoms with van der Waals surface area (Å²) in [7, 11) is 0. The molecule has 0 spiro atoms. The number of carbonyl (C=O) groups excluding carboxylic acids is 1. The van der Waals surface area contributed by atoms with Crippen molar-refractivity contribution in [2.24, 2.45) is 0 Å². The summed E-state index contributed by atoms with van der Waals surface area (Å²) in [4.78, 5) is 13.9. The number of ether oxygens (including phenoxy) is 1. The van der Waals surface area contributed by atoms with E-state index in [1.807, 2.05) is 25.3 Å². The maximum absolute atomic E-state index is 10.8. The van der Waals surface area contributed by atoms with Crippen LogP contribution in [0.4, 0.5) is 0 Å². The van der Waals surface area contributed by atoms with Crippen molar-refractivity contribution in [3.63, 3.8) is 0 Å². The molecule has 0 aliphatic heterocycles. The number of rotatable bonds is 1. The van der Waals surface area contributed by atoms with Gasteiger partial charge in [0.25, 0.3) is 0 Å². The van der Waals surface area contributed by atoms with Crippen LogP contribution in [-0.2, 0) is 4.79 Å². The summed E-state index contributed by atoms with van der Waals surface area (Å²) in [6.45, 7) is 3.34. The van der Waals surface area contributed by atoms with Gasteiger partial charge in [0, 0.05) is 29.6 Å². The molecule has 1 aromatic carbocycles. The van der Waals surface area contributed by atoms with E-state index in [0.29, 0.717) is 5.75 Å². The van der Waals surface area contributed by atoms with Gasteiger partial charge in [0.1, 0.15) is 5.75 Å². The highest BCUT2D eigenvalue weighted by Gasteiger charge is 2.06. The van der Waals surface area contributed by atoms with E-state index < -0.39 is 0 Å². The second kappa shape index (κ2) is 3.18.